The van der Waals surface area contributed by atoms with Crippen LogP contribution in [0.15, 0.2) is 23.6 Å². The summed E-state index contributed by atoms with van der Waals surface area (Å²) in [6, 6.07) is 0. The van der Waals surface area contributed by atoms with Crippen LogP contribution in [-0.4, -0.2) is 46.1 Å². The van der Waals surface area contributed by atoms with E-state index in [1.54, 1.807) is 0 Å². The highest BCUT2D eigenvalue weighted by molar-refractivity contribution is 6.00. The van der Waals surface area contributed by atoms with Crippen molar-refractivity contribution >= 4 is 5.91 Å². The van der Waals surface area contributed by atoms with Crippen molar-refractivity contribution in [3.8, 4) is 0 Å². The average molecular weight is 297 g/mol. The number of unbranched alkanes of at least 4 members (excludes halogenated alkanes) is 2. The fraction of sp³-hybridized carbons (Fsp3) is 0.667. The molecule has 0 unspecified atom stereocenters. The molecule has 0 aromatic carbocycles. The molecule has 0 radical (unpaired) electrons. The normalized spacial score (nSPS) is 32.5. The van der Waals surface area contributed by atoms with Crippen LogP contribution in [0.2, 0.25) is 0 Å². The van der Waals surface area contributed by atoms with Gasteiger partial charge in [0.25, 0.3) is 5.91 Å². The Morgan fingerprint density at radius 2 is 2.14 bits per heavy atom. The molecule has 0 bridgehead atoms. The van der Waals surface area contributed by atoms with Gasteiger partial charge in [-0.3, -0.25) is 9.63 Å². The fourth-order valence-corrected chi connectivity index (χ4v) is 2.80. The van der Waals surface area contributed by atoms with Crippen LogP contribution in [0.25, 0.3) is 0 Å². The minimum atomic E-state index is -1.52. The predicted molar refractivity (Wildman–Crippen MR) is 75.7 cm³/mol. The number of aliphatic hydroxyl groups excluding tert-OH is 1. The molecule has 0 saturated carbocycles. The number of aliphatic hydroxyl groups is 2. The van der Waals surface area contributed by atoms with Gasteiger partial charge in [-0.05, 0) is 19.8 Å². The first-order valence-corrected chi connectivity index (χ1v) is 7.25. The minimum absolute atomic E-state index is 0.0126. The predicted octanol–water partition coefficient (Wildman–Crippen LogP) is 1.25. The lowest BCUT2D eigenvalue weighted by Crippen LogP contribution is -2.55. The van der Waals surface area contributed by atoms with Crippen molar-refractivity contribution in [2.75, 3.05) is 7.11 Å². The van der Waals surface area contributed by atoms with Gasteiger partial charge < -0.3 is 14.9 Å². The molecule has 6 nitrogen and oxygen atoms in total. The molecule has 118 valence electrons. The van der Waals surface area contributed by atoms with Crippen molar-refractivity contribution in [2.24, 2.45) is 0 Å². The molecule has 2 rings (SSSR count). The third-order valence-corrected chi connectivity index (χ3v) is 4.16. The number of amides is 1. The Labute approximate surface area is 124 Å². The molecule has 6 heteroatoms. The lowest BCUT2D eigenvalue weighted by molar-refractivity contribution is -0.162. The molecule has 3 atom stereocenters. The van der Waals surface area contributed by atoms with Crippen LogP contribution in [-0.2, 0) is 14.4 Å². The maximum absolute atomic E-state index is 12.2. The van der Waals surface area contributed by atoms with Crippen LogP contribution in [0, 0.1) is 0 Å². The summed E-state index contributed by atoms with van der Waals surface area (Å²) in [4.78, 5) is 17.1. The van der Waals surface area contributed by atoms with Crippen molar-refractivity contribution < 1.29 is 24.6 Å². The van der Waals surface area contributed by atoms with Crippen LogP contribution in [0.4, 0.5) is 0 Å². The molecule has 2 aliphatic heterocycles. The van der Waals surface area contributed by atoms with Gasteiger partial charge in [0.2, 0.25) is 0 Å². The van der Waals surface area contributed by atoms with Gasteiger partial charge in [0.05, 0.1) is 12.7 Å². The molecule has 21 heavy (non-hydrogen) atoms. The number of nitrogens with zero attached hydrogens (tertiary/aromatic N) is 1. The molecular formula is C15H23NO5. The molecule has 0 fully saturated rings. The van der Waals surface area contributed by atoms with Gasteiger partial charge >= 0.3 is 0 Å². The van der Waals surface area contributed by atoms with Crippen molar-refractivity contribution in [2.45, 2.75) is 57.3 Å². The molecule has 0 aromatic heterocycles. The zero-order valence-corrected chi connectivity index (χ0v) is 12.8. The molecule has 2 heterocycles. The van der Waals surface area contributed by atoms with Crippen molar-refractivity contribution in [1.29, 1.82) is 0 Å². The second-order valence-electron chi connectivity index (χ2n) is 5.70. The van der Waals surface area contributed by atoms with Gasteiger partial charge in [-0.2, -0.15) is 5.06 Å². The standard InChI is InChI=1S/C15H23NO5/c1-5-6-7-8-10-15(3,19)13(17)11-12(21-10)9(2)16(20-4)14(11)18/h10,13,17,19H,2,5-8H2,1,3-4H3/t10-,13-,15+/m1/s1. The van der Waals surface area contributed by atoms with Crippen LogP contribution >= 0.6 is 0 Å². The van der Waals surface area contributed by atoms with E-state index in [4.69, 9.17) is 9.57 Å². The highest BCUT2D eigenvalue weighted by Crippen LogP contribution is 2.42. The van der Waals surface area contributed by atoms with Crippen LogP contribution in [0.1, 0.15) is 39.5 Å². The largest absolute Gasteiger partial charge is 0.484 e. The Balaban J connectivity index is 2.28. The zero-order valence-electron chi connectivity index (χ0n) is 12.8. The lowest BCUT2D eigenvalue weighted by atomic mass is 9.82. The van der Waals surface area contributed by atoms with E-state index in [1.807, 2.05) is 0 Å². The maximum Gasteiger partial charge on any atom is 0.284 e. The van der Waals surface area contributed by atoms with Gasteiger partial charge in [-0.15, -0.1) is 0 Å². The van der Waals surface area contributed by atoms with Crippen molar-refractivity contribution in [3.05, 3.63) is 23.6 Å². The zero-order chi connectivity index (χ0) is 15.8. The molecular weight excluding hydrogens is 274 g/mol. The summed E-state index contributed by atoms with van der Waals surface area (Å²) in [6.07, 6.45) is 1.64. The molecule has 0 spiro atoms. The Kier molecular flexibility index (Phi) is 4.41. The highest BCUT2D eigenvalue weighted by Gasteiger charge is 2.54. The second-order valence-corrected chi connectivity index (χ2v) is 5.70. The lowest BCUT2D eigenvalue weighted by Gasteiger charge is -2.40. The van der Waals surface area contributed by atoms with E-state index >= 15 is 0 Å². The van der Waals surface area contributed by atoms with Gasteiger partial charge in [0.15, 0.2) is 5.76 Å². The number of hydrogen-bond acceptors (Lipinski definition) is 5. The summed E-state index contributed by atoms with van der Waals surface area (Å²) in [7, 11) is 1.34. The third kappa shape index (κ3) is 2.47. The molecule has 0 aromatic rings. The van der Waals surface area contributed by atoms with Crippen molar-refractivity contribution in [1.82, 2.24) is 5.06 Å². The van der Waals surface area contributed by atoms with E-state index in [0.29, 0.717) is 6.42 Å². The van der Waals surface area contributed by atoms with Gasteiger partial charge in [-0.1, -0.05) is 26.3 Å². The smallest absolute Gasteiger partial charge is 0.284 e. The summed E-state index contributed by atoms with van der Waals surface area (Å²) in [5.74, 6) is -0.320. The Morgan fingerprint density at radius 3 is 2.71 bits per heavy atom. The van der Waals surface area contributed by atoms with E-state index in [2.05, 4.69) is 13.5 Å². The highest BCUT2D eigenvalue weighted by atomic mass is 16.7. The fourth-order valence-electron chi connectivity index (χ4n) is 2.80. The Hall–Kier alpha value is -1.37. The Morgan fingerprint density at radius 1 is 1.48 bits per heavy atom. The monoisotopic (exact) mass is 297 g/mol. The quantitative estimate of drug-likeness (QED) is 0.747. The summed E-state index contributed by atoms with van der Waals surface area (Å²) in [5, 5.41) is 21.9. The third-order valence-electron chi connectivity index (χ3n) is 4.16. The number of carbonyl (C=O) groups excluding carboxylic acids is 1. The number of hydrogen-bond donors (Lipinski definition) is 2. The number of carbonyl (C=O) groups is 1. The minimum Gasteiger partial charge on any atom is -0.484 e. The number of hydroxylamine groups is 2. The maximum atomic E-state index is 12.2. The van der Waals surface area contributed by atoms with Gasteiger partial charge in [-0.25, -0.2) is 0 Å². The van der Waals surface area contributed by atoms with E-state index < -0.39 is 23.7 Å². The molecule has 2 N–H and O–H groups in total. The van der Waals surface area contributed by atoms with E-state index in [1.165, 1.54) is 14.0 Å². The summed E-state index contributed by atoms with van der Waals surface area (Å²) < 4.78 is 5.78. The first-order valence-electron chi connectivity index (χ1n) is 7.25. The summed E-state index contributed by atoms with van der Waals surface area (Å²) in [5.41, 5.74) is -1.25. The van der Waals surface area contributed by atoms with Crippen LogP contribution < -0.4 is 0 Å². The molecule has 2 aliphatic rings. The Bertz CT molecular complexity index is 482. The summed E-state index contributed by atoms with van der Waals surface area (Å²) in [6.45, 7) is 7.34. The molecule has 0 aliphatic carbocycles. The average Bonchev–Trinajstić information content (AvgIpc) is 2.67. The SMILES string of the molecule is C=C1C2=C(C(=O)N1OC)[C@@H](O)[C@@](C)(O)[C@@H](CCCCC)O2. The van der Waals surface area contributed by atoms with E-state index in [9.17, 15) is 15.0 Å². The van der Waals surface area contributed by atoms with Gasteiger partial charge in [0.1, 0.15) is 23.5 Å². The number of ether oxygens (including phenoxy) is 1. The van der Waals surface area contributed by atoms with Crippen molar-refractivity contribution in [3.63, 3.8) is 0 Å². The first-order chi connectivity index (χ1) is 9.86. The van der Waals surface area contributed by atoms with Gasteiger partial charge in [0, 0.05) is 0 Å². The second kappa shape index (κ2) is 5.79. The summed E-state index contributed by atoms with van der Waals surface area (Å²) >= 11 is 0. The van der Waals surface area contributed by atoms with E-state index in [0.717, 1.165) is 24.3 Å². The van der Waals surface area contributed by atoms with Crippen LogP contribution in [0.3, 0.4) is 0 Å². The molecule has 1 amide bonds. The molecule has 0 saturated heterocycles. The first kappa shape index (κ1) is 16.0. The topological polar surface area (TPSA) is 79.2 Å². The van der Waals surface area contributed by atoms with E-state index in [-0.39, 0.29) is 17.0 Å². The number of rotatable bonds is 5. The van der Waals surface area contributed by atoms with Crippen LogP contribution in [0.5, 0.6) is 0 Å².